The average molecular weight is 247 g/mol. The van der Waals surface area contributed by atoms with Gasteiger partial charge in [-0.05, 0) is 69.3 Å². The first-order chi connectivity index (χ1) is 8.56. The van der Waals surface area contributed by atoms with Crippen LogP contribution in [-0.2, 0) is 0 Å². The van der Waals surface area contributed by atoms with Crippen molar-refractivity contribution in [3.63, 3.8) is 0 Å². The maximum atomic E-state index is 6.29. The molecule has 0 saturated heterocycles. The first kappa shape index (κ1) is 13.4. The summed E-state index contributed by atoms with van der Waals surface area (Å²) in [6.07, 6.45) is 3.53. The van der Waals surface area contributed by atoms with E-state index in [4.69, 9.17) is 4.74 Å². The highest BCUT2D eigenvalue weighted by atomic mass is 16.5. The lowest BCUT2D eigenvalue weighted by Gasteiger charge is -2.21. The maximum Gasteiger partial charge on any atom is 0.123 e. The van der Waals surface area contributed by atoms with E-state index >= 15 is 0 Å². The van der Waals surface area contributed by atoms with Crippen molar-refractivity contribution in [1.29, 1.82) is 0 Å². The highest BCUT2D eigenvalue weighted by Crippen LogP contribution is 2.41. The molecule has 0 aromatic heterocycles. The van der Waals surface area contributed by atoms with E-state index < -0.39 is 0 Å². The van der Waals surface area contributed by atoms with Crippen LogP contribution in [0.3, 0.4) is 0 Å². The van der Waals surface area contributed by atoms with Crippen molar-refractivity contribution >= 4 is 0 Å². The topological polar surface area (TPSA) is 21.3 Å². The van der Waals surface area contributed by atoms with E-state index in [-0.39, 0.29) is 5.60 Å². The number of hydrogen-bond donors (Lipinski definition) is 1. The van der Waals surface area contributed by atoms with Gasteiger partial charge in [0.2, 0.25) is 0 Å². The van der Waals surface area contributed by atoms with E-state index in [0.29, 0.717) is 0 Å². The molecule has 0 amide bonds. The number of aryl methyl sites for hydroxylation is 2. The minimum Gasteiger partial charge on any atom is -0.486 e. The predicted octanol–water partition coefficient (Wildman–Crippen LogP) is 3.52. The van der Waals surface area contributed by atoms with Gasteiger partial charge in [0.05, 0.1) is 0 Å². The first-order valence-electron chi connectivity index (χ1n) is 7.04. The minimum atomic E-state index is 0.0696. The Morgan fingerprint density at radius 2 is 1.94 bits per heavy atom. The zero-order valence-electron chi connectivity index (χ0n) is 12.1. The molecule has 0 unspecified atom stereocenters. The molecule has 0 aliphatic heterocycles. The predicted molar refractivity (Wildman–Crippen MR) is 76.4 cm³/mol. The SMILES string of the molecule is CCCNCC1(Oc2cc(C)cc(C)c2C)CC1. The summed E-state index contributed by atoms with van der Waals surface area (Å²) in [5.74, 6) is 1.07. The van der Waals surface area contributed by atoms with Gasteiger partial charge in [-0.1, -0.05) is 13.0 Å². The zero-order valence-corrected chi connectivity index (χ0v) is 12.1. The number of rotatable bonds is 6. The van der Waals surface area contributed by atoms with Crippen molar-refractivity contribution in [1.82, 2.24) is 5.32 Å². The van der Waals surface area contributed by atoms with Gasteiger partial charge in [-0.15, -0.1) is 0 Å². The highest BCUT2D eigenvalue weighted by molar-refractivity contribution is 5.42. The van der Waals surface area contributed by atoms with Crippen LogP contribution in [0.2, 0.25) is 0 Å². The van der Waals surface area contributed by atoms with Crippen LogP contribution in [0.5, 0.6) is 5.75 Å². The Morgan fingerprint density at radius 3 is 2.56 bits per heavy atom. The number of hydrogen-bond acceptors (Lipinski definition) is 2. The summed E-state index contributed by atoms with van der Waals surface area (Å²) >= 11 is 0. The van der Waals surface area contributed by atoms with E-state index in [1.54, 1.807) is 0 Å². The molecule has 100 valence electrons. The van der Waals surface area contributed by atoms with Crippen molar-refractivity contribution in [3.8, 4) is 5.75 Å². The molecule has 0 heterocycles. The Kier molecular flexibility index (Phi) is 3.96. The molecule has 18 heavy (non-hydrogen) atoms. The van der Waals surface area contributed by atoms with Gasteiger partial charge in [0.15, 0.2) is 0 Å². The number of ether oxygens (including phenoxy) is 1. The summed E-state index contributed by atoms with van der Waals surface area (Å²) in [5.41, 5.74) is 3.95. The Labute approximate surface area is 111 Å². The van der Waals surface area contributed by atoms with Crippen LogP contribution in [0.4, 0.5) is 0 Å². The molecule has 1 N–H and O–H groups in total. The molecule has 1 aromatic carbocycles. The van der Waals surface area contributed by atoms with E-state index in [1.165, 1.54) is 36.0 Å². The monoisotopic (exact) mass is 247 g/mol. The van der Waals surface area contributed by atoms with Crippen molar-refractivity contribution < 1.29 is 4.74 Å². The van der Waals surface area contributed by atoms with Crippen LogP contribution in [0.25, 0.3) is 0 Å². The van der Waals surface area contributed by atoms with E-state index in [0.717, 1.165) is 18.8 Å². The van der Waals surface area contributed by atoms with Gasteiger partial charge in [0.25, 0.3) is 0 Å². The quantitative estimate of drug-likeness (QED) is 0.777. The second kappa shape index (κ2) is 5.31. The Balaban J connectivity index is 2.05. The second-order valence-electron chi connectivity index (χ2n) is 5.67. The van der Waals surface area contributed by atoms with Gasteiger partial charge < -0.3 is 10.1 Å². The molecular formula is C16H25NO. The summed E-state index contributed by atoms with van der Waals surface area (Å²) in [6.45, 7) is 10.7. The lowest BCUT2D eigenvalue weighted by molar-refractivity contribution is 0.174. The molecule has 1 aliphatic rings. The first-order valence-corrected chi connectivity index (χ1v) is 7.04. The highest BCUT2D eigenvalue weighted by Gasteiger charge is 2.45. The van der Waals surface area contributed by atoms with Crippen molar-refractivity contribution in [2.45, 2.75) is 52.6 Å². The smallest absolute Gasteiger partial charge is 0.123 e. The summed E-state index contributed by atoms with van der Waals surface area (Å²) in [7, 11) is 0. The summed E-state index contributed by atoms with van der Waals surface area (Å²) in [5, 5.41) is 3.48. The fourth-order valence-electron chi connectivity index (χ4n) is 2.29. The standard InChI is InChI=1S/C16H25NO/c1-5-8-17-11-16(6-7-16)18-15-10-12(2)9-13(3)14(15)4/h9-10,17H,5-8,11H2,1-4H3. The van der Waals surface area contributed by atoms with Crippen LogP contribution in [-0.4, -0.2) is 18.7 Å². The molecule has 0 bridgehead atoms. The lowest BCUT2D eigenvalue weighted by atomic mass is 10.1. The summed E-state index contributed by atoms with van der Waals surface area (Å²) in [6, 6.07) is 4.39. The molecule has 0 radical (unpaired) electrons. The zero-order chi connectivity index (χ0) is 13.2. The van der Waals surface area contributed by atoms with Crippen molar-refractivity contribution in [2.75, 3.05) is 13.1 Å². The van der Waals surface area contributed by atoms with Crippen LogP contribution >= 0.6 is 0 Å². The Morgan fingerprint density at radius 1 is 1.22 bits per heavy atom. The van der Waals surface area contributed by atoms with Crippen molar-refractivity contribution in [3.05, 3.63) is 28.8 Å². The molecule has 1 saturated carbocycles. The fourth-order valence-corrected chi connectivity index (χ4v) is 2.29. The number of nitrogens with one attached hydrogen (secondary N) is 1. The van der Waals surface area contributed by atoms with Crippen LogP contribution < -0.4 is 10.1 Å². The van der Waals surface area contributed by atoms with Crippen LogP contribution in [0, 0.1) is 20.8 Å². The maximum absolute atomic E-state index is 6.29. The molecule has 2 nitrogen and oxygen atoms in total. The molecular weight excluding hydrogens is 222 g/mol. The number of benzene rings is 1. The summed E-state index contributed by atoms with van der Waals surface area (Å²) < 4.78 is 6.29. The van der Waals surface area contributed by atoms with Crippen molar-refractivity contribution in [2.24, 2.45) is 0 Å². The molecule has 1 aliphatic carbocycles. The molecule has 1 fully saturated rings. The molecule has 2 rings (SSSR count). The van der Waals surface area contributed by atoms with Gasteiger partial charge in [0, 0.05) is 6.54 Å². The van der Waals surface area contributed by atoms with Gasteiger partial charge >= 0.3 is 0 Å². The van der Waals surface area contributed by atoms with Crippen LogP contribution in [0.15, 0.2) is 12.1 Å². The Hall–Kier alpha value is -1.02. The van der Waals surface area contributed by atoms with Gasteiger partial charge in [-0.3, -0.25) is 0 Å². The van der Waals surface area contributed by atoms with Gasteiger partial charge in [0.1, 0.15) is 11.4 Å². The normalized spacial score (nSPS) is 16.7. The Bertz CT molecular complexity index is 421. The molecule has 2 heteroatoms. The third-order valence-corrected chi connectivity index (χ3v) is 3.77. The van der Waals surface area contributed by atoms with E-state index in [1.807, 2.05) is 0 Å². The summed E-state index contributed by atoms with van der Waals surface area (Å²) in [4.78, 5) is 0. The third kappa shape index (κ3) is 3.05. The van der Waals surface area contributed by atoms with E-state index in [2.05, 4.69) is 45.1 Å². The molecule has 1 aromatic rings. The van der Waals surface area contributed by atoms with E-state index in [9.17, 15) is 0 Å². The minimum absolute atomic E-state index is 0.0696. The van der Waals surface area contributed by atoms with Crippen LogP contribution in [0.1, 0.15) is 42.9 Å². The molecule has 0 spiro atoms. The largest absolute Gasteiger partial charge is 0.486 e. The van der Waals surface area contributed by atoms with Gasteiger partial charge in [-0.2, -0.15) is 0 Å². The molecule has 0 atom stereocenters. The second-order valence-corrected chi connectivity index (χ2v) is 5.67. The fraction of sp³-hybridized carbons (Fsp3) is 0.625. The van der Waals surface area contributed by atoms with Gasteiger partial charge in [-0.25, -0.2) is 0 Å². The third-order valence-electron chi connectivity index (χ3n) is 3.77. The average Bonchev–Trinajstić information content (AvgIpc) is 3.06. The lowest BCUT2D eigenvalue weighted by Crippen LogP contribution is -2.34.